The maximum absolute atomic E-state index is 16.3. The van der Waals surface area contributed by atoms with Crippen molar-refractivity contribution in [2.24, 2.45) is 0 Å². The Morgan fingerprint density at radius 2 is 0.891 bits per heavy atom. The molecule has 314 valence electrons. The van der Waals surface area contributed by atoms with Crippen LogP contribution in [0.5, 0.6) is 11.5 Å². The first-order valence-corrected chi connectivity index (χ1v) is 23.0. The fourth-order valence-electron chi connectivity index (χ4n) is 7.18. The Labute approximate surface area is 339 Å². The van der Waals surface area contributed by atoms with E-state index in [1.54, 1.807) is 0 Å². The van der Waals surface area contributed by atoms with Crippen LogP contribution in [-0.2, 0) is 37.6 Å². The summed E-state index contributed by atoms with van der Waals surface area (Å²) >= 11 is 0. The third-order valence-electron chi connectivity index (χ3n) is 10.6. The molecule has 55 heavy (non-hydrogen) atoms. The van der Waals surface area contributed by atoms with Crippen molar-refractivity contribution in [3.63, 3.8) is 0 Å². The van der Waals surface area contributed by atoms with Crippen molar-refractivity contribution in [2.45, 2.75) is 227 Å². The van der Waals surface area contributed by atoms with E-state index < -0.39 is 8.69 Å². The molecule has 2 aromatic rings. The van der Waals surface area contributed by atoms with Gasteiger partial charge in [-0.1, -0.05) is 217 Å². The molecule has 2 aromatic carbocycles. The van der Waals surface area contributed by atoms with Crippen molar-refractivity contribution in [3.05, 3.63) is 58.1 Å². The summed E-state index contributed by atoms with van der Waals surface area (Å²) in [6.45, 7) is 28.2. The smallest absolute Gasteiger partial charge is 0.466 e. The van der Waals surface area contributed by atoms with Crippen molar-refractivity contribution in [1.82, 2.24) is 0 Å². The Morgan fingerprint density at radius 1 is 0.545 bits per heavy atom. The number of aryl methyl sites for hydroxylation is 1. The Morgan fingerprint density at radius 3 is 1.25 bits per heavy atom. The minimum atomic E-state index is -2.81. The van der Waals surface area contributed by atoms with Crippen molar-refractivity contribution in [1.29, 1.82) is 0 Å². The van der Waals surface area contributed by atoms with Gasteiger partial charge in [0.05, 0.1) is 6.61 Å². The number of hydrogen-bond acceptors (Lipinski definition) is 4. The molecule has 0 heterocycles. The highest BCUT2D eigenvalue weighted by Gasteiger charge is 2.33. The van der Waals surface area contributed by atoms with Gasteiger partial charge < -0.3 is 13.8 Å². The van der Waals surface area contributed by atoms with Crippen LogP contribution in [-0.4, -0.2) is 12.6 Å². The minimum absolute atomic E-state index is 0.163. The third-order valence-corrected chi connectivity index (χ3v) is 11.3. The highest BCUT2D eigenvalue weighted by molar-refractivity contribution is 7.42. The number of unbranched alkanes of at least 4 members (excludes halogenated alkanes) is 15. The summed E-state index contributed by atoms with van der Waals surface area (Å²) in [6, 6.07) is 10.2. The Bertz CT molecular complexity index is 1340. The molecular formula is C49H82FO4P. The van der Waals surface area contributed by atoms with E-state index in [-0.39, 0.29) is 27.6 Å². The summed E-state index contributed by atoms with van der Waals surface area (Å²) in [6.07, 6.45) is 22.0. The van der Waals surface area contributed by atoms with Crippen LogP contribution in [0.1, 0.15) is 227 Å². The van der Waals surface area contributed by atoms with E-state index in [0.29, 0.717) is 30.9 Å². The van der Waals surface area contributed by atoms with Crippen LogP contribution in [0.2, 0.25) is 0 Å². The number of hydrogen-bond donors (Lipinski definition) is 0. The molecule has 0 aromatic heterocycles. The van der Waals surface area contributed by atoms with E-state index in [4.69, 9.17) is 13.8 Å². The zero-order valence-electron chi connectivity index (χ0n) is 37.8. The molecule has 0 saturated carbocycles. The number of carbonyl (C=O) groups excluding carboxylic acids is 1. The van der Waals surface area contributed by atoms with Crippen molar-refractivity contribution in [3.8, 4) is 11.5 Å². The maximum atomic E-state index is 16.3. The minimum Gasteiger partial charge on any atom is -0.466 e. The van der Waals surface area contributed by atoms with E-state index >= 15 is 4.20 Å². The molecule has 0 aliphatic rings. The molecule has 1 atom stereocenters. The summed E-state index contributed by atoms with van der Waals surface area (Å²) in [4.78, 5) is 12.8. The molecule has 4 nitrogen and oxygen atoms in total. The standard InChI is InChI=1S/C49H82FO4P/c1-14-15-16-17-18-19-20-21-22-23-24-25-26-27-28-29-35-52-43(51)34-33-38-36-41(48(8,9)10)45(42(37-38)49(11,12)13)54-55(50)53-44-39(46(2,3)4)31-30-32-40(44)47(5,6)7/h30-32,36-37H,14-29,33-35H2,1-13H3. The van der Waals surface area contributed by atoms with E-state index in [2.05, 4.69) is 102 Å². The SMILES string of the molecule is CCCCCCCCCCCCCCCCCCOC(=O)CCc1cc(C(C)(C)C)c(OP(F)Oc2c(C(C)(C)C)cccc2C(C)(C)C)c(C(C)(C)C)c1. The van der Waals surface area contributed by atoms with Crippen LogP contribution in [0.25, 0.3) is 0 Å². The molecule has 0 amide bonds. The van der Waals surface area contributed by atoms with Gasteiger partial charge in [0.25, 0.3) is 0 Å². The van der Waals surface area contributed by atoms with Gasteiger partial charge >= 0.3 is 14.7 Å². The van der Waals surface area contributed by atoms with Gasteiger partial charge in [0.1, 0.15) is 11.5 Å². The lowest BCUT2D eigenvalue weighted by Gasteiger charge is -2.32. The van der Waals surface area contributed by atoms with Crippen LogP contribution in [0, 0.1) is 0 Å². The second kappa shape index (κ2) is 23.3. The Kier molecular flexibility index (Phi) is 20.8. The van der Waals surface area contributed by atoms with Gasteiger partial charge in [0, 0.05) is 28.7 Å². The average Bonchev–Trinajstić information content (AvgIpc) is 3.07. The van der Waals surface area contributed by atoms with Gasteiger partial charge in [-0.2, -0.15) is 0 Å². The van der Waals surface area contributed by atoms with Gasteiger partial charge in [0.15, 0.2) is 0 Å². The van der Waals surface area contributed by atoms with E-state index in [1.165, 1.54) is 89.9 Å². The largest absolute Gasteiger partial charge is 0.505 e. The lowest BCUT2D eigenvalue weighted by Crippen LogP contribution is -2.21. The van der Waals surface area contributed by atoms with Crippen LogP contribution in [0.4, 0.5) is 4.20 Å². The van der Waals surface area contributed by atoms with Crippen molar-refractivity contribution in [2.75, 3.05) is 6.61 Å². The van der Waals surface area contributed by atoms with E-state index in [9.17, 15) is 4.79 Å². The highest BCUT2D eigenvalue weighted by atomic mass is 31.2. The van der Waals surface area contributed by atoms with E-state index in [0.717, 1.165) is 40.7 Å². The van der Waals surface area contributed by atoms with Crippen molar-refractivity contribution >= 4 is 14.7 Å². The van der Waals surface area contributed by atoms with Gasteiger partial charge in [-0.05, 0) is 40.1 Å². The summed E-state index contributed by atoms with van der Waals surface area (Å²) in [5.41, 5.74) is 3.60. The van der Waals surface area contributed by atoms with Gasteiger partial charge in [0.2, 0.25) is 0 Å². The first-order valence-electron chi connectivity index (χ1n) is 22.0. The number of ether oxygens (including phenoxy) is 1. The number of esters is 1. The number of carbonyl (C=O) groups is 1. The summed E-state index contributed by atoms with van der Waals surface area (Å²) in [7, 11) is -2.81. The highest BCUT2D eigenvalue weighted by Crippen LogP contribution is 2.52. The zero-order chi connectivity index (χ0) is 41.3. The fraction of sp³-hybridized carbons (Fsp3) is 0.735. The lowest BCUT2D eigenvalue weighted by atomic mass is 9.78. The number of para-hydroxylation sites is 1. The predicted molar refractivity (Wildman–Crippen MR) is 236 cm³/mol. The van der Waals surface area contributed by atoms with Gasteiger partial charge in [-0.15, -0.1) is 4.20 Å². The monoisotopic (exact) mass is 785 g/mol. The summed E-state index contributed by atoms with van der Waals surface area (Å²) in [5.74, 6) is 0.943. The molecule has 2 rings (SSSR count). The molecule has 0 N–H and O–H groups in total. The van der Waals surface area contributed by atoms with E-state index in [1.807, 2.05) is 18.2 Å². The summed E-state index contributed by atoms with van der Waals surface area (Å²) in [5, 5.41) is 0. The molecule has 0 aliphatic carbocycles. The van der Waals surface area contributed by atoms with Crippen LogP contribution in [0.15, 0.2) is 30.3 Å². The summed E-state index contributed by atoms with van der Waals surface area (Å²) < 4.78 is 34.4. The topological polar surface area (TPSA) is 44.8 Å². The first kappa shape index (κ1) is 49.0. The molecule has 6 heteroatoms. The predicted octanol–water partition coefficient (Wildman–Crippen LogP) is 16.3. The van der Waals surface area contributed by atoms with Gasteiger partial charge in [-0.3, -0.25) is 4.79 Å². The molecule has 0 spiro atoms. The Hall–Kier alpha value is -2.13. The zero-order valence-corrected chi connectivity index (χ0v) is 38.7. The number of benzene rings is 2. The van der Waals surface area contributed by atoms with Gasteiger partial charge in [-0.25, -0.2) is 0 Å². The van der Waals surface area contributed by atoms with Crippen molar-refractivity contribution < 1.29 is 22.8 Å². The molecule has 0 bridgehead atoms. The number of rotatable bonds is 24. The van der Waals surface area contributed by atoms with Crippen LogP contribution in [0.3, 0.4) is 0 Å². The van der Waals surface area contributed by atoms with Crippen LogP contribution < -0.4 is 9.05 Å². The van der Waals surface area contributed by atoms with Crippen LogP contribution >= 0.6 is 8.69 Å². The fourth-order valence-corrected chi connectivity index (χ4v) is 7.90. The third kappa shape index (κ3) is 18.3. The molecule has 1 unspecified atom stereocenters. The Balaban J connectivity index is 1.94. The second-order valence-electron chi connectivity index (χ2n) is 20.1. The average molecular weight is 785 g/mol. The normalized spacial score (nSPS) is 13.2. The molecule has 0 fully saturated rings. The first-order chi connectivity index (χ1) is 25.7. The lowest BCUT2D eigenvalue weighted by molar-refractivity contribution is -0.143. The second-order valence-corrected chi connectivity index (χ2v) is 20.9. The molecular weight excluding hydrogens is 703 g/mol. The quantitative estimate of drug-likeness (QED) is 0.0604. The molecule has 0 radical (unpaired) electrons. The number of halogens is 1. The molecule has 0 saturated heterocycles. The molecule has 0 aliphatic heterocycles. The maximum Gasteiger partial charge on any atom is 0.505 e.